The molecule has 1 aromatic heterocycles. The maximum Gasteiger partial charge on any atom is 0.0890 e. The first-order chi connectivity index (χ1) is 14.9. The van der Waals surface area contributed by atoms with E-state index >= 15 is 0 Å². The van der Waals surface area contributed by atoms with E-state index in [1.807, 2.05) is 26.4 Å². The second-order valence-corrected chi connectivity index (χ2v) is 9.22. The standard InChI is InChI=1S/C27H33N3O/c1-5-6-20-13-23(18-29-17-20)21-7-8-22-15-27(11-9-24(31-4)10-12-27)26(3,25(22)14-21)30-19(2)16-28/h7-8,13-14,17-18,24H,9-12,15-16,28H2,1-4H3/t24?,26-,27?/m1/s1. The number of hydrogen-bond acceptors (Lipinski definition) is 4. The van der Waals surface area contributed by atoms with Crippen molar-refractivity contribution in [2.24, 2.45) is 16.1 Å². The van der Waals surface area contributed by atoms with Crippen LogP contribution in [0.4, 0.5) is 0 Å². The maximum absolute atomic E-state index is 5.98. The van der Waals surface area contributed by atoms with E-state index in [1.165, 1.54) is 16.7 Å². The minimum atomic E-state index is -0.283. The van der Waals surface area contributed by atoms with Crippen LogP contribution < -0.4 is 5.73 Å². The lowest BCUT2D eigenvalue weighted by molar-refractivity contribution is 0.00125. The average Bonchev–Trinajstić information content (AvgIpc) is 3.01. The molecule has 0 unspecified atom stereocenters. The molecule has 2 aromatic rings. The Bertz CT molecular complexity index is 1050. The molecule has 1 saturated carbocycles. The third-order valence-electron chi connectivity index (χ3n) is 7.47. The van der Waals surface area contributed by atoms with E-state index in [-0.39, 0.29) is 11.0 Å². The van der Waals surface area contributed by atoms with Crippen LogP contribution in [0.3, 0.4) is 0 Å². The molecule has 1 aromatic carbocycles. The molecule has 0 bridgehead atoms. The van der Waals surface area contributed by atoms with Gasteiger partial charge in [-0.3, -0.25) is 9.98 Å². The number of nitrogens with two attached hydrogens (primary N) is 1. The molecule has 31 heavy (non-hydrogen) atoms. The molecule has 4 rings (SSSR count). The van der Waals surface area contributed by atoms with Crippen molar-refractivity contribution in [1.82, 2.24) is 4.98 Å². The van der Waals surface area contributed by atoms with Gasteiger partial charge in [0.05, 0.1) is 11.6 Å². The molecule has 162 valence electrons. The molecule has 1 spiro atoms. The zero-order valence-electron chi connectivity index (χ0n) is 19.2. The average molecular weight is 416 g/mol. The number of pyridine rings is 1. The first-order valence-corrected chi connectivity index (χ1v) is 11.2. The highest BCUT2D eigenvalue weighted by atomic mass is 16.5. The second-order valence-electron chi connectivity index (χ2n) is 9.22. The molecule has 0 radical (unpaired) electrons. The number of methoxy groups -OCH3 is 1. The fraction of sp³-hybridized carbons (Fsp3) is 0.481. The summed E-state index contributed by atoms with van der Waals surface area (Å²) in [6, 6.07) is 8.97. The number of hydrogen-bond donors (Lipinski definition) is 1. The molecular weight excluding hydrogens is 382 g/mol. The van der Waals surface area contributed by atoms with Gasteiger partial charge in [-0.25, -0.2) is 0 Å². The van der Waals surface area contributed by atoms with Crippen LogP contribution in [-0.2, 0) is 16.7 Å². The number of rotatable bonds is 4. The molecule has 2 aliphatic rings. The molecular formula is C27H33N3O. The first-order valence-electron chi connectivity index (χ1n) is 11.2. The molecule has 0 saturated heterocycles. The van der Waals surface area contributed by atoms with Crippen LogP contribution in [0.1, 0.15) is 63.1 Å². The van der Waals surface area contributed by atoms with Gasteiger partial charge in [-0.15, -0.1) is 5.92 Å². The summed E-state index contributed by atoms with van der Waals surface area (Å²) in [4.78, 5) is 9.70. The van der Waals surface area contributed by atoms with Gasteiger partial charge in [0.2, 0.25) is 0 Å². The third kappa shape index (κ3) is 3.82. The van der Waals surface area contributed by atoms with E-state index < -0.39 is 0 Å². The number of ether oxygens (including phenoxy) is 1. The van der Waals surface area contributed by atoms with Crippen LogP contribution in [-0.4, -0.2) is 30.5 Å². The quantitative estimate of drug-likeness (QED) is 0.571. The van der Waals surface area contributed by atoms with Crippen molar-refractivity contribution >= 4 is 5.71 Å². The van der Waals surface area contributed by atoms with Crippen LogP contribution >= 0.6 is 0 Å². The van der Waals surface area contributed by atoms with Gasteiger partial charge in [-0.05, 0) is 81.7 Å². The summed E-state index contributed by atoms with van der Waals surface area (Å²) in [5.41, 5.74) is 12.8. The molecule has 1 atom stereocenters. The summed E-state index contributed by atoms with van der Waals surface area (Å²) in [6.07, 6.45) is 9.58. The van der Waals surface area contributed by atoms with E-state index in [0.717, 1.165) is 48.9 Å². The number of nitrogens with zero attached hydrogens (tertiary/aromatic N) is 2. The monoisotopic (exact) mass is 415 g/mol. The normalized spacial score (nSPS) is 27.6. The molecule has 1 heterocycles. The largest absolute Gasteiger partial charge is 0.381 e. The topological polar surface area (TPSA) is 60.5 Å². The molecule has 4 heteroatoms. The SMILES string of the molecule is CC#Cc1cncc(-c2ccc3c(c2)[C@@](C)(N=C(C)CN)C2(CCC(OC)CC2)C3)c1. The van der Waals surface area contributed by atoms with Crippen LogP contribution in [0.5, 0.6) is 0 Å². The fourth-order valence-electron chi connectivity index (χ4n) is 5.65. The minimum absolute atomic E-state index is 0.118. The highest BCUT2D eigenvalue weighted by Crippen LogP contribution is 2.60. The van der Waals surface area contributed by atoms with Gasteiger partial charge in [-0.1, -0.05) is 18.1 Å². The Kier molecular flexibility index (Phi) is 6.01. The molecule has 0 amide bonds. The van der Waals surface area contributed by atoms with E-state index in [0.29, 0.717) is 12.6 Å². The molecule has 0 aliphatic heterocycles. The van der Waals surface area contributed by atoms with Crippen molar-refractivity contribution in [3.8, 4) is 23.0 Å². The van der Waals surface area contributed by atoms with Crippen molar-refractivity contribution < 1.29 is 4.74 Å². The van der Waals surface area contributed by atoms with Crippen molar-refractivity contribution in [2.45, 2.75) is 64.5 Å². The Morgan fingerprint density at radius 3 is 2.68 bits per heavy atom. The predicted octanol–water partition coefficient (Wildman–Crippen LogP) is 4.89. The van der Waals surface area contributed by atoms with Crippen LogP contribution in [0.2, 0.25) is 0 Å². The lowest BCUT2D eigenvalue weighted by atomic mass is 9.62. The summed E-state index contributed by atoms with van der Waals surface area (Å²) in [7, 11) is 1.83. The Balaban J connectivity index is 1.80. The number of aromatic nitrogens is 1. The summed E-state index contributed by atoms with van der Waals surface area (Å²) in [5, 5.41) is 0. The minimum Gasteiger partial charge on any atom is -0.381 e. The van der Waals surface area contributed by atoms with E-state index in [4.69, 9.17) is 15.5 Å². The number of benzene rings is 1. The predicted molar refractivity (Wildman–Crippen MR) is 127 cm³/mol. The highest BCUT2D eigenvalue weighted by molar-refractivity contribution is 5.84. The van der Waals surface area contributed by atoms with Gasteiger partial charge >= 0.3 is 0 Å². The molecule has 1 fully saturated rings. The van der Waals surface area contributed by atoms with Gasteiger partial charge < -0.3 is 10.5 Å². The zero-order chi connectivity index (χ0) is 22.1. The Labute approximate surface area is 186 Å². The number of fused-ring (bicyclic) bond motifs is 1. The Morgan fingerprint density at radius 1 is 1.23 bits per heavy atom. The first kappa shape index (κ1) is 21.7. The molecule has 2 aliphatic carbocycles. The van der Waals surface area contributed by atoms with Crippen molar-refractivity contribution in [1.29, 1.82) is 0 Å². The maximum atomic E-state index is 5.98. The van der Waals surface area contributed by atoms with Gasteiger partial charge in [0.1, 0.15) is 0 Å². The third-order valence-corrected chi connectivity index (χ3v) is 7.47. The highest BCUT2D eigenvalue weighted by Gasteiger charge is 2.55. The van der Waals surface area contributed by atoms with Crippen LogP contribution in [0, 0.1) is 17.3 Å². The van der Waals surface area contributed by atoms with E-state index in [2.05, 4.69) is 54.9 Å². The molecule has 2 N–H and O–H groups in total. The van der Waals surface area contributed by atoms with Gasteiger partial charge in [0.25, 0.3) is 0 Å². The zero-order valence-corrected chi connectivity index (χ0v) is 19.2. The van der Waals surface area contributed by atoms with E-state index in [1.54, 1.807) is 0 Å². The lowest BCUT2D eigenvalue weighted by Crippen LogP contribution is -2.44. The fourth-order valence-corrected chi connectivity index (χ4v) is 5.65. The summed E-state index contributed by atoms with van der Waals surface area (Å²) >= 11 is 0. The molecule has 4 nitrogen and oxygen atoms in total. The van der Waals surface area contributed by atoms with Crippen molar-refractivity contribution in [2.75, 3.05) is 13.7 Å². The smallest absolute Gasteiger partial charge is 0.0890 e. The second kappa shape index (κ2) is 8.57. The summed E-state index contributed by atoms with van der Waals surface area (Å²) in [5.74, 6) is 6.08. The number of aliphatic imine (C=N–C) groups is 1. The van der Waals surface area contributed by atoms with Crippen molar-refractivity contribution in [3.05, 3.63) is 53.3 Å². The van der Waals surface area contributed by atoms with Gasteiger partial charge in [-0.2, -0.15) is 0 Å². The Hall–Kier alpha value is -2.48. The Morgan fingerprint density at radius 2 is 2.00 bits per heavy atom. The summed E-state index contributed by atoms with van der Waals surface area (Å²) in [6.45, 7) is 6.72. The van der Waals surface area contributed by atoms with Gasteiger partial charge in [0, 0.05) is 48.3 Å². The van der Waals surface area contributed by atoms with Crippen LogP contribution in [0.15, 0.2) is 41.7 Å². The van der Waals surface area contributed by atoms with Crippen LogP contribution in [0.25, 0.3) is 11.1 Å². The van der Waals surface area contributed by atoms with Crippen molar-refractivity contribution in [3.63, 3.8) is 0 Å². The summed E-state index contributed by atoms with van der Waals surface area (Å²) < 4.78 is 5.68. The lowest BCUT2D eigenvalue weighted by Gasteiger charge is -2.46. The van der Waals surface area contributed by atoms with Gasteiger partial charge in [0.15, 0.2) is 0 Å². The van der Waals surface area contributed by atoms with E-state index in [9.17, 15) is 0 Å².